The second-order valence-corrected chi connectivity index (χ2v) is 6.51. The molecule has 0 amide bonds. The zero-order valence-corrected chi connectivity index (χ0v) is 13.5. The van der Waals surface area contributed by atoms with E-state index >= 15 is 0 Å². The Bertz CT molecular complexity index is 773. The van der Waals surface area contributed by atoms with Gasteiger partial charge >= 0.3 is 5.97 Å². The number of sulfonamides is 1. The Hall–Kier alpha value is -2.09. The van der Waals surface area contributed by atoms with Crippen molar-refractivity contribution in [2.75, 3.05) is 13.2 Å². The number of benzene rings is 2. The van der Waals surface area contributed by atoms with E-state index in [1.807, 2.05) is 0 Å². The molecule has 0 fully saturated rings. The third-order valence-corrected chi connectivity index (χ3v) is 4.00. The number of rotatable bonds is 6. The molecule has 0 radical (unpaired) electrons. The molecule has 23 heavy (non-hydrogen) atoms. The van der Waals surface area contributed by atoms with Crippen LogP contribution < -0.4 is 9.88 Å². The molecule has 122 valence electrons. The van der Waals surface area contributed by atoms with Crippen molar-refractivity contribution in [3.63, 3.8) is 0 Å². The van der Waals surface area contributed by atoms with Crippen LogP contribution in [0.2, 0.25) is 5.02 Å². The van der Waals surface area contributed by atoms with Gasteiger partial charge in [0, 0.05) is 5.02 Å². The van der Waals surface area contributed by atoms with E-state index in [2.05, 4.69) is 0 Å². The summed E-state index contributed by atoms with van der Waals surface area (Å²) in [5.41, 5.74) is 0.395. The van der Waals surface area contributed by atoms with Crippen molar-refractivity contribution in [2.45, 2.75) is 4.90 Å². The molecule has 0 atom stereocenters. The summed E-state index contributed by atoms with van der Waals surface area (Å²) in [6, 6.07) is 12.0. The summed E-state index contributed by atoms with van der Waals surface area (Å²) < 4.78 is 32.6. The molecule has 0 heterocycles. The Morgan fingerprint density at radius 2 is 1.61 bits per heavy atom. The second-order valence-electron chi connectivity index (χ2n) is 4.51. The first-order chi connectivity index (χ1) is 10.9. The van der Waals surface area contributed by atoms with Gasteiger partial charge in [-0.2, -0.15) is 0 Å². The molecule has 0 aromatic heterocycles. The van der Waals surface area contributed by atoms with Gasteiger partial charge < -0.3 is 9.47 Å². The number of halogens is 1. The summed E-state index contributed by atoms with van der Waals surface area (Å²) in [4.78, 5) is 11.7. The van der Waals surface area contributed by atoms with Gasteiger partial charge in [-0.15, -0.1) is 0 Å². The molecule has 2 aromatic carbocycles. The van der Waals surface area contributed by atoms with E-state index in [1.165, 1.54) is 24.3 Å². The summed E-state index contributed by atoms with van der Waals surface area (Å²) in [6.07, 6.45) is 0. The van der Waals surface area contributed by atoms with Crippen molar-refractivity contribution in [3.8, 4) is 5.75 Å². The number of carbonyl (C=O) groups excluding carboxylic acids is 1. The summed E-state index contributed by atoms with van der Waals surface area (Å²) in [6.45, 7) is 0.187. The van der Waals surface area contributed by atoms with Gasteiger partial charge in [-0.05, 0) is 48.5 Å². The monoisotopic (exact) mass is 355 g/mol. The zero-order chi connectivity index (χ0) is 16.9. The second kappa shape index (κ2) is 7.45. The molecule has 8 heteroatoms. The normalized spacial score (nSPS) is 11.0. The van der Waals surface area contributed by atoms with Crippen molar-refractivity contribution in [1.29, 1.82) is 0 Å². The predicted molar refractivity (Wildman–Crippen MR) is 85.0 cm³/mol. The van der Waals surface area contributed by atoms with Crippen molar-refractivity contribution in [2.24, 2.45) is 5.14 Å². The number of primary sulfonamides is 1. The zero-order valence-electron chi connectivity index (χ0n) is 11.9. The number of hydrogen-bond donors (Lipinski definition) is 1. The summed E-state index contributed by atoms with van der Waals surface area (Å²) in [5.74, 6) is -0.0326. The molecule has 6 nitrogen and oxygen atoms in total. The Balaban J connectivity index is 1.79. The molecule has 2 aromatic rings. The molecular formula is C15H14ClNO5S. The topological polar surface area (TPSA) is 95.7 Å². The quantitative estimate of drug-likeness (QED) is 0.633. The van der Waals surface area contributed by atoms with Crippen molar-refractivity contribution in [1.82, 2.24) is 0 Å². The number of nitrogens with two attached hydrogens (primary N) is 1. The first-order valence-electron chi connectivity index (χ1n) is 6.54. The van der Waals surface area contributed by atoms with Crippen LogP contribution in [0.1, 0.15) is 10.4 Å². The van der Waals surface area contributed by atoms with Crippen molar-refractivity contribution >= 4 is 27.6 Å². The summed E-state index contributed by atoms with van der Waals surface area (Å²) >= 11 is 5.73. The van der Waals surface area contributed by atoms with E-state index in [1.54, 1.807) is 24.3 Å². The lowest BCUT2D eigenvalue weighted by Crippen LogP contribution is -2.13. The minimum Gasteiger partial charge on any atom is -0.490 e. The third-order valence-electron chi connectivity index (χ3n) is 2.82. The lowest BCUT2D eigenvalue weighted by Gasteiger charge is -2.08. The van der Waals surface area contributed by atoms with E-state index < -0.39 is 16.0 Å². The SMILES string of the molecule is NS(=O)(=O)c1ccc(OCCOC(=O)c2ccc(Cl)cc2)cc1. The minimum atomic E-state index is -3.72. The Morgan fingerprint density at radius 3 is 2.17 bits per heavy atom. The lowest BCUT2D eigenvalue weighted by atomic mass is 10.2. The van der Waals surface area contributed by atoms with Crippen LogP contribution in [-0.4, -0.2) is 27.6 Å². The van der Waals surface area contributed by atoms with E-state index in [-0.39, 0.29) is 18.1 Å². The van der Waals surface area contributed by atoms with Crippen LogP contribution in [0.4, 0.5) is 0 Å². The van der Waals surface area contributed by atoms with E-state index in [4.69, 9.17) is 26.2 Å². The molecule has 0 saturated heterocycles. The molecule has 2 rings (SSSR count). The first kappa shape index (κ1) is 17.3. The number of esters is 1. The number of ether oxygens (including phenoxy) is 2. The van der Waals surface area contributed by atoms with Gasteiger partial charge in [0.1, 0.15) is 19.0 Å². The van der Waals surface area contributed by atoms with E-state index in [0.717, 1.165) is 0 Å². The van der Waals surface area contributed by atoms with Crippen LogP contribution in [0, 0.1) is 0 Å². The maximum absolute atomic E-state index is 11.7. The van der Waals surface area contributed by atoms with Crippen LogP contribution in [0.3, 0.4) is 0 Å². The highest BCUT2D eigenvalue weighted by atomic mass is 35.5. The molecule has 0 bridgehead atoms. The van der Waals surface area contributed by atoms with Gasteiger partial charge in [-0.3, -0.25) is 0 Å². The molecule has 0 saturated carbocycles. The smallest absolute Gasteiger partial charge is 0.338 e. The Kier molecular flexibility index (Phi) is 5.59. The molecule has 0 aliphatic rings. The predicted octanol–water partition coefficient (Wildman–Crippen LogP) is 2.22. The lowest BCUT2D eigenvalue weighted by molar-refractivity contribution is 0.0450. The third kappa shape index (κ3) is 5.24. The maximum atomic E-state index is 11.7. The molecular weight excluding hydrogens is 342 g/mol. The molecule has 0 aliphatic heterocycles. The summed E-state index contributed by atoms with van der Waals surface area (Å²) in [5, 5.41) is 5.53. The largest absolute Gasteiger partial charge is 0.490 e. The van der Waals surface area contributed by atoms with Crippen LogP contribution in [0.15, 0.2) is 53.4 Å². The highest BCUT2D eigenvalue weighted by Gasteiger charge is 2.08. The number of hydrogen-bond acceptors (Lipinski definition) is 5. The van der Waals surface area contributed by atoms with Crippen LogP contribution >= 0.6 is 11.6 Å². The van der Waals surface area contributed by atoms with Gasteiger partial charge in [-0.1, -0.05) is 11.6 Å². The molecule has 0 aliphatic carbocycles. The van der Waals surface area contributed by atoms with Crippen molar-refractivity contribution < 1.29 is 22.7 Å². The fourth-order valence-corrected chi connectivity index (χ4v) is 2.33. The van der Waals surface area contributed by atoms with Gasteiger partial charge in [0.25, 0.3) is 0 Å². The molecule has 0 spiro atoms. The van der Waals surface area contributed by atoms with Gasteiger partial charge in [0.05, 0.1) is 10.5 Å². The van der Waals surface area contributed by atoms with E-state index in [0.29, 0.717) is 16.3 Å². The Morgan fingerprint density at radius 1 is 1.00 bits per heavy atom. The van der Waals surface area contributed by atoms with Gasteiger partial charge in [0.15, 0.2) is 0 Å². The minimum absolute atomic E-state index is 0.000911. The fourth-order valence-electron chi connectivity index (χ4n) is 1.69. The molecule has 0 unspecified atom stereocenters. The standard InChI is InChI=1S/C15H14ClNO5S/c16-12-3-1-11(2-4-12)15(18)22-10-9-21-13-5-7-14(8-6-13)23(17,19)20/h1-8H,9-10H2,(H2,17,19,20). The maximum Gasteiger partial charge on any atom is 0.338 e. The van der Waals surface area contributed by atoms with Gasteiger partial charge in [-0.25, -0.2) is 18.4 Å². The first-order valence-corrected chi connectivity index (χ1v) is 8.47. The summed E-state index contributed by atoms with van der Waals surface area (Å²) in [7, 11) is -3.72. The highest BCUT2D eigenvalue weighted by molar-refractivity contribution is 7.89. The van der Waals surface area contributed by atoms with Crippen LogP contribution in [0.5, 0.6) is 5.75 Å². The van der Waals surface area contributed by atoms with Crippen LogP contribution in [0.25, 0.3) is 0 Å². The van der Waals surface area contributed by atoms with Gasteiger partial charge in [0.2, 0.25) is 10.0 Å². The average Bonchev–Trinajstić information content (AvgIpc) is 2.51. The van der Waals surface area contributed by atoms with Crippen molar-refractivity contribution in [3.05, 3.63) is 59.1 Å². The highest BCUT2D eigenvalue weighted by Crippen LogP contribution is 2.15. The molecule has 2 N–H and O–H groups in total. The van der Waals surface area contributed by atoms with Crippen LogP contribution in [-0.2, 0) is 14.8 Å². The fraction of sp³-hybridized carbons (Fsp3) is 0.133. The van der Waals surface area contributed by atoms with E-state index in [9.17, 15) is 13.2 Å². The average molecular weight is 356 g/mol. The number of carbonyl (C=O) groups is 1. The Labute approximate surface area is 138 Å².